The lowest BCUT2D eigenvalue weighted by atomic mass is 10.2. The fourth-order valence-corrected chi connectivity index (χ4v) is 2.84. The van der Waals surface area contributed by atoms with Crippen LogP contribution in [0.1, 0.15) is 5.82 Å². The number of nitrogens with one attached hydrogen (secondary N) is 1. The Morgan fingerprint density at radius 2 is 2.19 bits per heavy atom. The van der Waals surface area contributed by atoms with Crippen molar-refractivity contribution >= 4 is 15.9 Å². The van der Waals surface area contributed by atoms with E-state index in [2.05, 4.69) is 36.3 Å². The number of rotatable bonds is 4. The Kier molecular flexibility index (Phi) is 4.52. The summed E-state index contributed by atoms with van der Waals surface area (Å²) < 4.78 is 11.4. The molecule has 21 heavy (non-hydrogen) atoms. The van der Waals surface area contributed by atoms with E-state index in [1.165, 1.54) is 0 Å². The Morgan fingerprint density at radius 1 is 1.38 bits per heavy atom. The second-order valence-corrected chi connectivity index (χ2v) is 5.75. The summed E-state index contributed by atoms with van der Waals surface area (Å²) in [6.45, 7) is 4.77. The molecule has 0 amide bonds. The van der Waals surface area contributed by atoms with Gasteiger partial charge in [-0.25, -0.2) is 0 Å². The van der Waals surface area contributed by atoms with Crippen LogP contribution >= 0.6 is 15.9 Å². The molecule has 1 fully saturated rings. The normalized spacial score (nSPS) is 16.1. The van der Waals surface area contributed by atoms with Gasteiger partial charge in [0.1, 0.15) is 5.75 Å². The van der Waals surface area contributed by atoms with Crippen molar-refractivity contribution < 1.29 is 9.26 Å². The molecule has 0 saturated carbocycles. The third kappa shape index (κ3) is 3.42. The third-order valence-corrected chi connectivity index (χ3v) is 4.06. The van der Waals surface area contributed by atoms with Crippen LogP contribution in [0.4, 0.5) is 0 Å². The maximum atomic E-state index is 5.36. The first kappa shape index (κ1) is 14.5. The Bertz CT molecular complexity index is 611. The summed E-state index contributed by atoms with van der Waals surface area (Å²) in [5.41, 5.74) is 0.877. The van der Waals surface area contributed by atoms with Crippen molar-refractivity contribution in [2.45, 2.75) is 6.54 Å². The lowest BCUT2D eigenvalue weighted by Gasteiger charge is -2.25. The van der Waals surface area contributed by atoms with Crippen LogP contribution in [0.3, 0.4) is 0 Å². The van der Waals surface area contributed by atoms with Crippen molar-refractivity contribution in [1.82, 2.24) is 20.4 Å². The van der Waals surface area contributed by atoms with E-state index >= 15 is 0 Å². The van der Waals surface area contributed by atoms with Crippen LogP contribution in [0.2, 0.25) is 0 Å². The second-order valence-electron chi connectivity index (χ2n) is 4.89. The highest BCUT2D eigenvalue weighted by atomic mass is 79.9. The number of ether oxygens (including phenoxy) is 1. The minimum atomic E-state index is 0.531. The zero-order valence-electron chi connectivity index (χ0n) is 11.8. The number of aromatic nitrogens is 2. The topological polar surface area (TPSA) is 63.4 Å². The fourth-order valence-electron chi connectivity index (χ4n) is 2.30. The highest BCUT2D eigenvalue weighted by Crippen LogP contribution is 2.29. The fraction of sp³-hybridized carbons (Fsp3) is 0.429. The van der Waals surface area contributed by atoms with E-state index in [0.29, 0.717) is 5.89 Å². The van der Waals surface area contributed by atoms with Crippen LogP contribution in [0.5, 0.6) is 5.75 Å². The molecule has 0 unspecified atom stereocenters. The molecule has 6 nitrogen and oxygen atoms in total. The summed E-state index contributed by atoms with van der Waals surface area (Å²) in [6.07, 6.45) is 0. The summed E-state index contributed by atoms with van der Waals surface area (Å²) in [6, 6.07) is 5.70. The predicted octanol–water partition coefficient (Wildman–Crippen LogP) is 1.91. The summed E-state index contributed by atoms with van der Waals surface area (Å²) >= 11 is 3.46. The predicted molar refractivity (Wildman–Crippen MR) is 82.1 cm³/mol. The maximum Gasteiger partial charge on any atom is 0.258 e. The van der Waals surface area contributed by atoms with Gasteiger partial charge in [-0.15, -0.1) is 0 Å². The molecule has 1 aliphatic heterocycles. The smallest absolute Gasteiger partial charge is 0.258 e. The number of methoxy groups -OCH3 is 1. The molecule has 1 saturated heterocycles. The molecule has 0 radical (unpaired) electrons. The maximum absolute atomic E-state index is 5.36. The molecule has 0 aliphatic carbocycles. The van der Waals surface area contributed by atoms with Gasteiger partial charge in [0.25, 0.3) is 5.89 Å². The van der Waals surface area contributed by atoms with Crippen LogP contribution in [0.15, 0.2) is 27.2 Å². The van der Waals surface area contributed by atoms with Gasteiger partial charge in [0.15, 0.2) is 5.82 Å². The number of halogens is 1. The van der Waals surface area contributed by atoms with Gasteiger partial charge in [-0.05, 0) is 34.1 Å². The van der Waals surface area contributed by atoms with Gasteiger partial charge in [0, 0.05) is 31.7 Å². The number of nitrogens with zero attached hydrogens (tertiary/aromatic N) is 3. The van der Waals surface area contributed by atoms with E-state index in [1.807, 2.05) is 18.2 Å². The zero-order chi connectivity index (χ0) is 14.7. The Morgan fingerprint density at radius 3 is 2.90 bits per heavy atom. The lowest BCUT2D eigenvalue weighted by Crippen LogP contribution is -2.43. The Hall–Kier alpha value is -1.44. The van der Waals surface area contributed by atoms with Crippen molar-refractivity contribution in [3.05, 3.63) is 28.5 Å². The van der Waals surface area contributed by atoms with Crippen molar-refractivity contribution in [3.8, 4) is 17.2 Å². The first-order chi connectivity index (χ1) is 10.3. The SMILES string of the molecule is COc1ccc(-c2nc(CN3CCNCC3)no2)cc1Br. The van der Waals surface area contributed by atoms with E-state index in [0.717, 1.165) is 54.3 Å². The molecule has 1 aromatic carbocycles. The van der Waals surface area contributed by atoms with Crippen LogP contribution < -0.4 is 10.1 Å². The van der Waals surface area contributed by atoms with Crippen LogP contribution in [0.25, 0.3) is 11.5 Å². The quantitative estimate of drug-likeness (QED) is 0.906. The largest absolute Gasteiger partial charge is 0.496 e. The van der Waals surface area contributed by atoms with Gasteiger partial charge in [-0.3, -0.25) is 4.90 Å². The molecule has 112 valence electrons. The highest BCUT2D eigenvalue weighted by Gasteiger charge is 2.15. The molecular weight excluding hydrogens is 336 g/mol. The van der Waals surface area contributed by atoms with E-state index in [4.69, 9.17) is 9.26 Å². The van der Waals surface area contributed by atoms with Gasteiger partial charge in [-0.2, -0.15) is 4.98 Å². The molecule has 2 heterocycles. The molecule has 7 heteroatoms. The van der Waals surface area contributed by atoms with Gasteiger partial charge in [-0.1, -0.05) is 5.16 Å². The first-order valence-corrected chi connectivity index (χ1v) is 7.65. The number of hydrogen-bond donors (Lipinski definition) is 1. The first-order valence-electron chi connectivity index (χ1n) is 6.86. The van der Waals surface area contributed by atoms with Crippen molar-refractivity contribution in [1.29, 1.82) is 0 Å². The Balaban J connectivity index is 1.73. The van der Waals surface area contributed by atoms with Crippen LogP contribution in [-0.4, -0.2) is 48.3 Å². The molecule has 1 aromatic heterocycles. The molecule has 0 spiro atoms. The van der Waals surface area contributed by atoms with E-state index in [9.17, 15) is 0 Å². The third-order valence-electron chi connectivity index (χ3n) is 3.44. The number of hydrogen-bond acceptors (Lipinski definition) is 6. The monoisotopic (exact) mass is 352 g/mol. The number of piperazine rings is 1. The van der Waals surface area contributed by atoms with Gasteiger partial charge < -0.3 is 14.6 Å². The molecule has 1 aliphatic rings. The summed E-state index contributed by atoms with van der Waals surface area (Å²) in [7, 11) is 1.64. The second kappa shape index (κ2) is 6.55. The summed E-state index contributed by atoms with van der Waals surface area (Å²) in [4.78, 5) is 6.78. The zero-order valence-corrected chi connectivity index (χ0v) is 13.4. The summed E-state index contributed by atoms with van der Waals surface area (Å²) in [5.74, 6) is 2.03. The average Bonchev–Trinajstić information content (AvgIpc) is 2.97. The van der Waals surface area contributed by atoms with Gasteiger partial charge in [0.2, 0.25) is 0 Å². The molecular formula is C14H17BrN4O2. The molecule has 0 atom stereocenters. The van der Waals surface area contributed by atoms with E-state index in [-0.39, 0.29) is 0 Å². The number of benzene rings is 1. The van der Waals surface area contributed by atoms with Crippen molar-refractivity contribution in [2.75, 3.05) is 33.3 Å². The van der Waals surface area contributed by atoms with Crippen LogP contribution in [-0.2, 0) is 6.54 Å². The minimum absolute atomic E-state index is 0.531. The standard InChI is InChI=1S/C14H17BrN4O2/c1-20-12-3-2-10(8-11(12)15)14-17-13(18-21-14)9-19-6-4-16-5-7-19/h2-3,8,16H,4-7,9H2,1H3. The van der Waals surface area contributed by atoms with Crippen molar-refractivity contribution in [3.63, 3.8) is 0 Å². The van der Waals surface area contributed by atoms with Crippen LogP contribution in [0, 0.1) is 0 Å². The van der Waals surface area contributed by atoms with E-state index < -0.39 is 0 Å². The molecule has 2 aromatic rings. The Labute approximate surface area is 131 Å². The van der Waals surface area contributed by atoms with Gasteiger partial charge in [0.05, 0.1) is 18.1 Å². The summed E-state index contributed by atoms with van der Waals surface area (Å²) in [5, 5.41) is 7.39. The molecule has 0 bridgehead atoms. The lowest BCUT2D eigenvalue weighted by molar-refractivity contribution is 0.225. The average molecular weight is 353 g/mol. The highest BCUT2D eigenvalue weighted by molar-refractivity contribution is 9.10. The van der Waals surface area contributed by atoms with E-state index in [1.54, 1.807) is 7.11 Å². The minimum Gasteiger partial charge on any atom is -0.496 e. The molecule has 3 rings (SSSR count). The molecule has 1 N–H and O–H groups in total. The van der Waals surface area contributed by atoms with Crippen molar-refractivity contribution in [2.24, 2.45) is 0 Å². The van der Waals surface area contributed by atoms with Gasteiger partial charge >= 0.3 is 0 Å².